The van der Waals surface area contributed by atoms with Gasteiger partial charge >= 0.3 is 0 Å². The highest BCUT2D eigenvalue weighted by molar-refractivity contribution is 7.78. The lowest BCUT2D eigenvalue weighted by Gasteiger charge is -2.05. The summed E-state index contributed by atoms with van der Waals surface area (Å²) < 4.78 is 26.3. The van der Waals surface area contributed by atoms with Crippen molar-refractivity contribution in [1.82, 2.24) is 9.78 Å². The van der Waals surface area contributed by atoms with Gasteiger partial charge in [0.1, 0.15) is 17.3 Å². The molecule has 0 amide bonds. The number of nitrogen functional groups attached to an aromatic ring is 2. The minimum atomic E-state index is -2.00. The zero-order valence-electron chi connectivity index (χ0n) is 10.9. The van der Waals surface area contributed by atoms with E-state index in [2.05, 4.69) is 5.10 Å². The normalized spacial score (nSPS) is 12.3. The van der Waals surface area contributed by atoms with E-state index >= 15 is 0 Å². The van der Waals surface area contributed by atoms with Crippen molar-refractivity contribution in [2.24, 2.45) is 0 Å². The second-order valence-corrected chi connectivity index (χ2v) is 5.15. The fourth-order valence-electron chi connectivity index (χ4n) is 1.79. The van der Waals surface area contributed by atoms with Crippen LogP contribution in [0.4, 0.5) is 11.5 Å². The van der Waals surface area contributed by atoms with Crippen LogP contribution in [0, 0.1) is 0 Å². The van der Waals surface area contributed by atoms with Crippen molar-refractivity contribution in [2.75, 3.05) is 18.6 Å². The second kappa shape index (κ2) is 5.93. The van der Waals surface area contributed by atoms with Gasteiger partial charge in [-0.05, 0) is 17.7 Å². The monoisotopic (exact) mass is 296 g/mol. The zero-order valence-corrected chi connectivity index (χ0v) is 11.8. The van der Waals surface area contributed by atoms with Crippen molar-refractivity contribution >= 4 is 22.6 Å². The molecule has 7 nitrogen and oxygen atoms in total. The average Bonchev–Trinajstić information content (AvgIpc) is 2.67. The highest BCUT2D eigenvalue weighted by Crippen LogP contribution is 2.22. The number of nitrogens with zero attached hydrogens (tertiary/aromatic N) is 2. The van der Waals surface area contributed by atoms with E-state index in [0.29, 0.717) is 18.1 Å². The van der Waals surface area contributed by atoms with E-state index in [1.54, 1.807) is 7.11 Å². The molecule has 0 aliphatic carbocycles. The van der Waals surface area contributed by atoms with Crippen LogP contribution in [0.2, 0.25) is 0 Å². The van der Waals surface area contributed by atoms with Gasteiger partial charge in [0.05, 0.1) is 25.1 Å². The number of rotatable bonds is 5. The maximum Gasteiger partial charge on any atom is 0.159 e. The van der Waals surface area contributed by atoms with E-state index in [1.807, 2.05) is 24.3 Å². The predicted octanol–water partition coefficient (Wildman–Crippen LogP) is 0.826. The van der Waals surface area contributed by atoms with Gasteiger partial charge in [0.15, 0.2) is 11.1 Å². The molecule has 8 heteroatoms. The first kappa shape index (κ1) is 14.4. The number of anilines is 2. The van der Waals surface area contributed by atoms with Crippen LogP contribution in [0.25, 0.3) is 0 Å². The van der Waals surface area contributed by atoms with Crippen molar-refractivity contribution in [3.05, 3.63) is 35.5 Å². The third kappa shape index (κ3) is 3.09. The van der Waals surface area contributed by atoms with Gasteiger partial charge in [-0.15, -0.1) is 0 Å². The molecule has 0 aliphatic rings. The lowest BCUT2D eigenvalue weighted by Crippen LogP contribution is -2.06. The van der Waals surface area contributed by atoms with Crippen LogP contribution >= 0.6 is 0 Å². The van der Waals surface area contributed by atoms with Gasteiger partial charge in [-0.3, -0.25) is 0 Å². The van der Waals surface area contributed by atoms with Crippen molar-refractivity contribution < 1.29 is 13.5 Å². The van der Waals surface area contributed by atoms with Gasteiger partial charge in [0, 0.05) is 0 Å². The van der Waals surface area contributed by atoms with Gasteiger partial charge in [-0.1, -0.05) is 12.1 Å². The Morgan fingerprint density at radius 1 is 1.35 bits per heavy atom. The van der Waals surface area contributed by atoms with Crippen molar-refractivity contribution in [2.45, 2.75) is 12.3 Å². The lowest BCUT2D eigenvalue weighted by molar-refractivity contribution is 0.414. The maximum absolute atomic E-state index is 10.8. The van der Waals surface area contributed by atoms with Crippen LogP contribution in [-0.4, -0.2) is 25.7 Å². The molecule has 1 aromatic heterocycles. The molecule has 1 aromatic carbocycles. The van der Waals surface area contributed by atoms with Gasteiger partial charge in [0.2, 0.25) is 0 Å². The smallest absolute Gasteiger partial charge is 0.159 e. The molecule has 0 bridgehead atoms. The summed E-state index contributed by atoms with van der Waals surface area (Å²) >= 11 is -2.00. The highest BCUT2D eigenvalue weighted by Gasteiger charge is 2.14. The van der Waals surface area contributed by atoms with E-state index in [4.69, 9.17) is 20.8 Å². The molecule has 0 saturated carbocycles. The Bertz CT molecular complexity index is 624. The molecule has 0 radical (unpaired) electrons. The van der Waals surface area contributed by atoms with Crippen LogP contribution in [0.1, 0.15) is 11.3 Å². The predicted molar refractivity (Wildman–Crippen MR) is 77.6 cm³/mol. The summed E-state index contributed by atoms with van der Waals surface area (Å²) in [6.07, 6.45) is 0. The van der Waals surface area contributed by atoms with Crippen LogP contribution in [0.5, 0.6) is 5.75 Å². The number of hydrogen-bond acceptors (Lipinski definition) is 5. The summed E-state index contributed by atoms with van der Waals surface area (Å²) in [5, 5.41) is 4.17. The van der Waals surface area contributed by atoms with Gasteiger partial charge in [-0.2, -0.15) is 5.10 Å². The van der Waals surface area contributed by atoms with Crippen molar-refractivity contribution in [3.8, 4) is 5.75 Å². The Labute approximate surface area is 118 Å². The van der Waals surface area contributed by atoms with E-state index < -0.39 is 11.1 Å². The first-order valence-electron chi connectivity index (χ1n) is 5.82. The standard InChI is InChI=1S/C12H16N4O3S/c1-19-9-4-2-8(3-5-9)6-16-12(14)11(13)10(15-16)7-20(17)18/h2-5H,6-7,13-14H2,1H3,(H,17,18). The molecule has 1 atom stereocenters. The average molecular weight is 296 g/mol. The molecule has 2 aromatic rings. The fourth-order valence-corrected chi connectivity index (χ4v) is 2.24. The Kier molecular flexibility index (Phi) is 4.26. The zero-order chi connectivity index (χ0) is 14.7. The minimum absolute atomic E-state index is 0.133. The largest absolute Gasteiger partial charge is 0.497 e. The van der Waals surface area contributed by atoms with Crippen LogP contribution in [-0.2, 0) is 23.4 Å². The summed E-state index contributed by atoms with van der Waals surface area (Å²) in [5.74, 6) is 0.922. The molecular formula is C12H16N4O3S. The van der Waals surface area contributed by atoms with Gasteiger partial charge in [0.25, 0.3) is 0 Å². The highest BCUT2D eigenvalue weighted by atomic mass is 32.2. The Hall–Kier alpha value is -2.06. The Morgan fingerprint density at radius 3 is 2.55 bits per heavy atom. The number of ether oxygens (including phenoxy) is 1. The van der Waals surface area contributed by atoms with Crippen LogP contribution in [0.15, 0.2) is 24.3 Å². The first-order valence-corrected chi connectivity index (χ1v) is 7.10. The summed E-state index contributed by atoms with van der Waals surface area (Å²) in [5.41, 5.74) is 13.2. The van der Waals surface area contributed by atoms with E-state index in [1.165, 1.54) is 4.68 Å². The molecule has 0 fully saturated rings. The number of nitrogens with two attached hydrogens (primary N) is 2. The number of methoxy groups -OCH3 is 1. The SMILES string of the molecule is COc1ccc(Cn2nc(CS(=O)O)c(N)c2N)cc1. The molecule has 1 heterocycles. The number of hydrogen-bond donors (Lipinski definition) is 3. The first-order chi connectivity index (χ1) is 9.51. The van der Waals surface area contributed by atoms with Gasteiger partial charge in [-0.25, -0.2) is 8.89 Å². The maximum atomic E-state index is 10.8. The molecule has 1 unspecified atom stereocenters. The molecular weight excluding hydrogens is 280 g/mol. The molecule has 108 valence electrons. The fraction of sp³-hybridized carbons (Fsp3) is 0.250. The van der Waals surface area contributed by atoms with Gasteiger partial charge < -0.3 is 20.8 Å². The minimum Gasteiger partial charge on any atom is -0.497 e. The lowest BCUT2D eigenvalue weighted by atomic mass is 10.2. The van der Waals surface area contributed by atoms with E-state index in [9.17, 15) is 4.21 Å². The summed E-state index contributed by atoms with van der Waals surface area (Å²) in [6, 6.07) is 7.45. The Morgan fingerprint density at radius 2 is 2.00 bits per heavy atom. The third-order valence-electron chi connectivity index (χ3n) is 2.86. The van der Waals surface area contributed by atoms with E-state index in [-0.39, 0.29) is 11.4 Å². The molecule has 20 heavy (non-hydrogen) atoms. The van der Waals surface area contributed by atoms with Crippen LogP contribution in [0.3, 0.4) is 0 Å². The second-order valence-electron chi connectivity index (χ2n) is 4.22. The van der Waals surface area contributed by atoms with Crippen molar-refractivity contribution in [1.29, 1.82) is 0 Å². The van der Waals surface area contributed by atoms with Crippen molar-refractivity contribution in [3.63, 3.8) is 0 Å². The summed E-state index contributed by atoms with van der Waals surface area (Å²) in [6.45, 7) is 0.429. The molecule has 2 rings (SSSR count). The molecule has 0 aliphatic heterocycles. The summed E-state index contributed by atoms with van der Waals surface area (Å²) in [4.78, 5) is 0. The Balaban J connectivity index is 2.22. The number of aromatic nitrogens is 2. The quantitative estimate of drug-likeness (QED) is 0.703. The third-order valence-corrected chi connectivity index (χ3v) is 3.38. The molecule has 5 N–H and O–H groups in total. The molecule has 0 saturated heterocycles. The molecule has 0 spiro atoms. The number of benzene rings is 1. The van der Waals surface area contributed by atoms with Crippen LogP contribution < -0.4 is 16.2 Å². The van der Waals surface area contributed by atoms with E-state index in [0.717, 1.165) is 11.3 Å². The topological polar surface area (TPSA) is 116 Å². The summed E-state index contributed by atoms with van der Waals surface area (Å²) in [7, 11) is 1.60.